The third-order valence-corrected chi connectivity index (χ3v) is 2.50. The van der Waals surface area contributed by atoms with Gasteiger partial charge in [-0.3, -0.25) is 0 Å². The highest BCUT2D eigenvalue weighted by Gasteiger charge is 2.00. The molecule has 3 nitrogen and oxygen atoms in total. The Balaban J connectivity index is 2.60. The number of nitrogens with zero attached hydrogens (tertiary/aromatic N) is 2. The minimum absolute atomic E-state index is 0.460. The second kappa shape index (κ2) is 6.43. The number of halogens is 1. The molecule has 0 aliphatic rings. The van der Waals surface area contributed by atoms with Gasteiger partial charge in [-0.2, -0.15) is 0 Å². The summed E-state index contributed by atoms with van der Waals surface area (Å²) in [6.07, 6.45) is 0.906. The van der Waals surface area contributed by atoms with Gasteiger partial charge in [-0.25, -0.2) is 4.98 Å². The first-order valence-corrected chi connectivity index (χ1v) is 5.89. The first-order chi connectivity index (χ1) is 7.63. The molecule has 86 valence electrons. The lowest BCUT2D eigenvalue weighted by atomic mass is 10.2. The van der Waals surface area contributed by atoms with Gasteiger partial charge in [0.1, 0.15) is 16.9 Å². The van der Waals surface area contributed by atoms with E-state index >= 15 is 0 Å². The van der Waals surface area contributed by atoms with Crippen molar-refractivity contribution in [1.82, 2.24) is 4.98 Å². The monoisotopic (exact) mass is 282 g/mol. The van der Waals surface area contributed by atoms with E-state index in [2.05, 4.69) is 32.6 Å². The van der Waals surface area contributed by atoms with E-state index in [9.17, 15) is 0 Å². The van der Waals surface area contributed by atoms with Crippen LogP contribution in [0.3, 0.4) is 0 Å². The maximum Gasteiger partial charge on any atom is 0.138 e. The standard InChI is InChI=1S/C12H15BrN2O/c1-4-9(2)8-16-15-10(3)11-6-5-7-12(13)14-11/h5-7H,2,4,8H2,1,3H3. The van der Waals surface area contributed by atoms with Crippen LogP contribution < -0.4 is 0 Å². The zero-order valence-corrected chi connectivity index (χ0v) is 11.1. The topological polar surface area (TPSA) is 34.5 Å². The fourth-order valence-electron chi connectivity index (χ4n) is 0.979. The molecule has 0 spiro atoms. The van der Waals surface area contributed by atoms with Gasteiger partial charge in [0.05, 0.1) is 5.69 Å². The molecule has 0 saturated carbocycles. The number of hydrogen-bond acceptors (Lipinski definition) is 3. The van der Waals surface area contributed by atoms with E-state index in [0.29, 0.717) is 6.61 Å². The SMILES string of the molecule is C=C(CC)CON=C(C)c1cccc(Br)n1. The molecule has 0 saturated heterocycles. The summed E-state index contributed by atoms with van der Waals surface area (Å²) < 4.78 is 0.789. The molecule has 0 unspecified atom stereocenters. The van der Waals surface area contributed by atoms with Gasteiger partial charge in [0.15, 0.2) is 0 Å². The predicted octanol–water partition coefficient (Wildman–Crippen LogP) is 3.55. The Labute approximate surface area is 104 Å². The van der Waals surface area contributed by atoms with E-state index in [1.807, 2.05) is 32.0 Å². The Hall–Kier alpha value is -1.16. The van der Waals surface area contributed by atoms with Crippen LogP contribution in [0.1, 0.15) is 26.0 Å². The fraction of sp³-hybridized carbons (Fsp3) is 0.333. The highest BCUT2D eigenvalue weighted by Crippen LogP contribution is 2.07. The summed E-state index contributed by atoms with van der Waals surface area (Å²) in [6.45, 7) is 8.20. The number of aromatic nitrogens is 1. The largest absolute Gasteiger partial charge is 0.391 e. The van der Waals surface area contributed by atoms with Crippen LogP contribution in [0.4, 0.5) is 0 Å². The van der Waals surface area contributed by atoms with E-state index in [1.165, 1.54) is 0 Å². The van der Waals surface area contributed by atoms with Gasteiger partial charge < -0.3 is 4.84 Å². The van der Waals surface area contributed by atoms with E-state index < -0.39 is 0 Å². The molecule has 0 fully saturated rings. The molecule has 0 bridgehead atoms. The molecule has 0 aliphatic heterocycles. The Morgan fingerprint density at radius 1 is 1.56 bits per heavy atom. The van der Waals surface area contributed by atoms with Crippen molar-refractivity contribution in [1.29, 1.82) is 0 Å². The minimum Gasteiger partial charge on any atom is -0.391 e. The van der Waals surface area contributed by atoms with Gasteiger partial charge in [-0.1, -0.05) is 24.7 Å². The Bertz CT molecular complexity index is 402. The van der Waals surface area contributed by atoms with Crippen LogP contribution in [0.2, 0.25) is 0 Å². The van der Waals surface area contributed by atoms with E-state index in [4.69, 9.17) is 4.84 Å². The number of oxime groups is 1. The van der Waals surface area contributed by atoms with Crippen LogP contribution in [0, 0.1) is 0 Å². The van der Waals surface area contributed by atoms with Crippen molar-refractivity contribution in [3.8, 4) is 0 Å². The molecule has 0 N–H and O–H groups in total. The molecule has 0 aromatic carbocycles. The summed E-state index contributed by atoms with van der Waals surface area (Å²) in [7, 11) is 0. The smallest absolute Gasteiger partial charge is 0.138 e. The predicted molar refractivity (Wildman–Crippen MR) is 69.5 cm³/mol. The van der Waals surface area contributed by atoms with Crippen LogP contribution in [-0.2, 0) is 4.84 Å². The first-order valence-electron chi connectivity index (χ1n) is 5.09. The van der Waals surface area contributed by atoms with Gasteiger partial charge in [0.25, 0.3) is 0 Å². The normalized spacial score (nSPS) is 11.3. The minimum atomic E-state index is 0.460. The Kier molecular flexibility index (Phi) is 5.19. The lowest BCUT2D eigenvalue weighted by Crippen LogP contribution is -2.01. The van der Waals surface area contributed by atoms with Crippen LogP contribution in [0.25, 0.3) is 0 Å². The fourth-order valence-corrected chi connectivity index (χ4v) is 1.32. The van der Waals surface area contributed by atoms with Gasteiger partial charge in [0.2, 0.25) is 0 Å². The number of rotatable bonds is 5. The van der Waals surface area contributed by atoms with E-state index in [0.717, 1.165) is 28.0 Å². The molecule has 1 aromatic heterocycles. The molecule has 1 heterocycles. The molecule has 0 atom stereocenters. The average Bonchev–Trinajstić information content (AvgIpc) is 2.28. The van der Waals surface area contributed by atoms with Gasteiger partial charge in [0, 0.05) is 0 Å². The lowest BCUT2D eigenvalue weighted by molar-refractivity contribution is 0.166. The van der Waals surface area contributed by atoms with Crippen molar-refractivity contribution in [3.63, 3.8) is 0 Å². The van der Waals surface area contributed by atoms with E-state index in [1.54, 1.807) is 0 Å². The van der Waals surface area contributed by atoms with Crippen LogP contribution in [0.15, 0.2) is 40.1 Å². The van der Waals surface area contributed by atoms with Crippen LogP contribution in [0.5, 0.6) is 0 Å². The summed E-state index contributed by atoms with van der Waals surface area (Å²) in [5.74, 6) is 0. The molecule has 16 heavy (non-hydrogen) atoms. The van der Waals surface area contributed by atoms with Gasteiger partial charge in [-0.15, -0.1) is 0 Å². The van der Waals surface area contributed by atoms with Crippen molar-refractivity contribution >= 4 is 21.6 Å². The number of hydrogen-bond donors (Lipinski definition) is 0. The zero-order chi connectivity index (χ0) is 12.0. The molecular weight excluding hydrogens is 268 g/mol. The molecule has 0 amide bonds. The summed E-state index contributed by atoms with van der Waals surface area (Å²) in [5.41, 5.74) is 2.58. The second-order valence-electron chi connectivity index (χ2n) is 3.40. The lowest BCUT2D eigenvalue weighted by Gasteiger charge is -2.03. The van der Waals surface area contributed by atoms with Crippen molar-refractivity contribution in [2.75, 3.05) is 6.61 Å². The number of pyridine rings is 1. The molecule has 1 rings (SSSR count). The van der Waals surface area contributed by atoms with Gasteiger partial charge in [-0.05, 0) is 47.0 Å². The second-order valence-corrected chi connectivity index (χ2v) is 4.21. The Morgan fingerprint density at radius 2 is 2.31 bits per heavy atom. The van der Waals surface area contributed by atoms with Crippen molar-refractivity contribution in [2.24, 2.45) is 5.16 Å². The quantitative estimate of drug-likeness (QED) is 0.358. The molecular formula is C12H15BrN2O. The maximum absolute atomic E-state index is 5.18. The van der Waals surface area contributed by atoms with Crippen LogP contribution >= 0.6 is 15.9 Å². The Morgan fingerprint density at radius 3 is 2.94 bits per heavy atom. The third-order valence-electron chi connectivity index (χ3n) is 2.06. The van der Waals surface area contributed by atoms with Crippen LogP contribution in [-0.4, -0.2) is 17.3 Å². The van der Waals surface area contributed by atoms with Crippen molar-refractivity contribution < 1.29 is 4.84 Å². The third kappa shape index (κ3) is 4.14. The maximum atomic E-state index is 5.18. The highest BCUT2D eigenvalue weighted by molar-refractivity contribution is 9.10. The highest BCUT2D eigenvalue weighted by atomic mass is 79.9. The summed E-state index contributed by atoms with van der Waals surface area (Å²) in [4.78, 5) is 9.45. The summed E-state index contributed by atoms with van der Waals surface area (Å²) >= 11 is 3.31. The van der Waals surface area contributed by atoms with E-state index in [-0.39, 0.29) is 0 Å². The summed E-state index contributed by atoms with van der Waals surface area (Å²) in [6, 6.07) is 5.68. The zero-order valence-electron chi connectivity index (χ0n) is 9.53. The summed E-state index contributed by atoms with van der Waals surface area (Å²) in [5, 5.41) is 4.00. The van der Waals surface area contributed by atoms with Crippen molar-refractivity contribution in [3.05, 3.63) is 40.6 Å². The molecule has 0 aliphatic carbocycles. The van der Waals surface area contributed by atoms with Gasteiger partial charge >= 0.3 is 0 Å². The van der Waals surface area contributed by atoms with Crippen molar-refractivity contribution in [2.45, 2.75) is 20.3 Å². The first kappa shape index (κ1) is 12.9. The molecule has 1 aromatic rings. The molecule has 0 radical (unpaired) electrons. The molecule has 4 heteroatoms. The average molecular weight is 283 g/mol.